The van der Waals surface area contributed by atoms with Gasteiger partial charge in [-0.05, 0) is 39.9 Å². The second-order valence-electron chi connectivity index (χ2n) is 5.40. The molecule has 2 aliphatic heterocycles. The van der Waals surface area contributed by atoms with Crippen LogP contribution in [0.5, 0.6) is 0 Å². The molecule has 2 fully saturated rings. The predicted molar refractivity (Wildman–Crippen MR) is 78.6 cm³/mol. The van der Waals surface area contributed by atoms with Gasteiger partial charge in [0.15, 0.2) is 10.7 Å². The number of carbonyl (C=O) groups excluding carboxylic acids is 4. The van der Waals surface area contributed by atoms with Crippen molar-refractivity contribution in [2.75, 3.05) is 13.1 Å². The summed E-state index contributed by atoms with van der Waals surface area (Å²) in [6.07, 6.45) is -0.998. The van der Waals surface area contributed by atoms with Gasteiger partial charge in [0.2, 0.25) is 6.04 Å². The highest BCUT2D eigenvalue weighted by atomic mass is 32.1. The van der Waals surface area contributed by atoms with E-state index in [-0.39, 0.29) is 18.2 Å². The lowest BCUT2D eigenvalue weighted by atomic mass is 10.1. The van der Waals surface area contributed by atoms with Gasteiger partial charge < -0.3 is 4.74 Å². The van der Waals surface area contributed by atoms with E-state index in [2.05, 4.69) is 0 Å². The SMILES string of the molecule is CCN1C(=O)C(N2C(=O)OC(C)(C)C2=O)C(=O)N(CC)C1=S. The fourth-order valence-electron chi connectivity index (χ4n) is 2.44. The summed E-state index contributed by atoms with van der Waals surface area (Å²) in [7, 11) is 0. The summed E-state index contributed by atoms with van der Waals surface area (Å²) < 4.78 is 4.95. The van der Waals surface area contributed by atoms with E-state index in [9.17, 15) is 19.2 Å². The minimum atomic E-state index is -1.56. The predicted octanol–water partition coefficient (Wildman–Crippen LogP) is 0.108. The molecule has 2 saturated heterocycles. The van der Waals surface area contributed by atoms with Crippen molar-refractivity contribution in [1.82, 2.24) is 14.7 Å². The Morgan fingerprint density at radius 3 is 1.82 bits per heavy atom. The number of hydrogen-bond donors (Lipinski definition) is 0. The summed E-state index contributed by atoms with van der Waals surface area (Å²) in [6, 6.07) is -1.56. The molecule has 4 amide bonds. The Labute approximate surface area is 133 Å². The smallest absolute Gasteiger partial charge is 0.418 e. The van der Waals surface area contributed by atoms with Gasteiger partial charge in [-0.25, -0.2) is 9.69 Å². The van der Waals surface area contributed by atoms with Crippen molar-refractivity contribution in [1.29, 1.82) is 0 Å². The van der Waals surface area contributed by atoms with Crippen molar-refractivity contribution >= 4 is 41.1 Å². The number of likely N-dealkylation sites (N-methyl/N-ethyl adjacent to an activating group) is 2. The van der Waals surface area contributed by atoms with Crippen LogP contribution in [0.15, 0.2) is 0 Å². The first kappa shape index (κ1) is 16.3. The molecule has 120 valence electrons. The lowest BCUT2D eigenvalue weighted by Gasteiger charge is -2.40. The van der Waals surface area contributed by atoms with Crippen LogP contribution in [-0.2, 0) is 19.1 Å². The third-order valence-corrected chi connectivity index (χ3v) is 4.07. The molecule has 0 aromatic carbocycles. The van der Waals surface area contributed by atoms with Gasteiger partial charge in [-0.15, -0.1) is 0 Å². The minimum absolute atomic E-state index is 0.0792. The van der Waals surface area contributed by atoms with Gasteiger partial charge in [0.1, 0.15) is 0 Å². The average Bonchev–Trinajstić information content (AvgIpc) is 2.61. The molecule has 0 N–H and O–H groups in total. The molecular formula is C13H17N3O5S. The molecule has 0 aromatic heterocycles. The van der Waals surface area contributed by atoms with E-state index < -0.39 is 35.5 Å². The second kappa shape index (κ2) is 5.31. The van der Waals surface area contributed by atoms with Crippen molar-refractivity contribution in [3.8, 4) is 0 Å². The molecule has 22 heavy (non-hydrogen) atoms. The van der Waals surface area contributed by atoms with Crippen molar-refractivity contribution in [2.24, 2.45) is 0 Å². The first-order valence-corrected chi connectivity index (χ1v) is 7.31. The zero-order chi connectivity index (χ0) is 16.8. The maximum Gasteiger partial charge on any atom is 0.418 e. The van der Waals surface area contributed by atoms with E-state index in [1.165, 1.54) is 23.6 Å². The van der Waals surface area contributed by atoms with Gasteiger partial charge in [-0.2, -0.15) is 0 Å². The van der Waals surface area contributed by atoms with E-state index in [4.69, 9.17) is 17.0 Å². The minimum Gasteiger partial charge on any atom is -0.433 e. The lowest BCUT2D eigenvalue weighted by molar-refractivity contribution is -0.152. The Morgan fingerprint density at radius 1 is 1.05 bits per heavy atom. The highest BCUT2D eigenvalue weighted by molar-refractivity contribution is 7.80. The average molecular weight is 327 g/mol. The van der Waals surface area contributed by atoms with Crippen molar-refractivity contribution in [2.45, 2.75) is 39.3 Å². The topological polar surface area (TPSA) is 87.2 Å². The summed E-state index contributed by atoms with van der Waals surface area (Å²) >= 11 is 5.12. The third kappa shape index (κ3) is 2.16. The molecule has 0 unspecified atom stereocenters. The van der Waals surface area contributed by atoms with Crippen LogP contribution in [0.3, 0.4) is 0 Å². The van der Waals surface area contributed by atoms with E-state index in [1.54, 1.807) is 13.8 Å². The molecule has 0 atom stereocenters. The van der Waals surface area contributed by atoms with Gasteiger partial charge in [0.05, 0.1) is 0 Å². The molecule has 2 aliphatic rings. The van der Waals surface area contributed by atoms with Gasteiger partial charge in [-0.1, -0.05) is 0 Å². The fourth-order valence-corrected chi connectivity index (χ4v) is 2.88. The number of carbonyl (C=O) groups is 4. The summed E-state index contributed by atoms with van der Waals surface area (Å²) in [4.78, 5) is 52.3. The summed E-state index contributed by atoms with van der Waals surface area (Å²) in [5.74, 6) is -2.10. The van der Waals surface area contributed by atoms with Crippen LogP contribution in [0.4, 0.5) is 4.79 Å². The highest BCUT2D eigenvalue weighted by Gasteiger charge is 2.57. The Bertz CT molecular complexity index is 562. The second-order valence-corrected chi connectivity index (χ2v) is 5.77. The molecule has 0 saturated carbocycles. The summed E-state index contributed by atoms with van der Waals surface area (Å²) in [5.41, 5.74) is -1.40. The quantitative estimate of drug-likeness (QED) is 0.540. The van der Waals surface area contributed by atoms with Crippen molar-refractivity contribution in [3.63, 3.8) is 0 Å². The molecule has 2 rings (SSSR count). The van der Waals surface area contributed by atoms with Crippen LogP contribution in [0.1, 0.15) is 27.7 Å². The fraction of sp³-hybridized carbons (Fsp3) is 0.615. The largest absolute Gasteiger partial charge is 0.433 e. The summed E-state index contributed by atoms with van der Waals surface area (Å²) in [5, 5.41) is 0.0792. The van der Waals surface area contributed by atoms with Crippen LogP contribution in [-0.4, -0.2) is 68.4 Å². The Morgan fingerprint density at radius 2 is 1.50 bits per heavy atom. The van der Waals surface area contributed by atoms with Crippen LogP contribution in [0, 0.1) is 0 Å². The van der Waals surface area contributed by atoms with E-state index in [0.29, 0.717) is 4.90 Å². The number of imide groups is 1. The zero-order valence-corrected chi connectivity index (χ0v) is 13.6. The van der Waals surface area contributed by atoms with Crippen molar-refractivity contribution in [3.05, 3.63) is 0 Å². The molecule has 0 bridgehead atoms. The number of rotatable bonds is 3. The van der Waals surface area contributed by atoms with Gasteiger partial charge in [0, 0.05) is 13.1 Å². The van der Waals surface area contributed by atoms with Crippen LogP contribution in [0.25, 0.3) is 0 Å². The van der Waals surface area contributed by atoms with Gasteiger partial charge >= 0.3 is 6.09 Å². The maximum absolute atomic E-state index is 12.5. The molecule has 9 heteroatoms. The lowest BCUT2D eigenvalue weighted by Crippen LogP contribution is -2.67. The normalized spacial score (nSPS) is 22.7. The number of nitrogens with zero attached hydrogens (tertiary/aromatic N) is 3. The molecular weight excluding hydrogens is 310 g/mol. The molecule has 0 spiro atoms. The number of amides is 4. The number of hydrogen-bond acceptors (Lipinski definition) is 6. The standard InChI is InChI=1S/C13H17N3O5S/c1-5-14-8(17)7(9(18)15(6-2)11(14)22)16-10(19)13(3,4)21-12(16)20/h7H,5-6H2,1-4H3. The molecule has 8 nitrogen and oxygen atoms in total. The molecule has 0 radical (unpaired) electrons. The first-order valence-electron chi connectivity index (χ1n) is 6.90. The molecule has 0 aromatic rings. The van der Waals surface area contributed by atoms with Crippen molar-refractivity contribution < 1.29 is 23.9 Å². The Hall–Kier alpha value is -2.03. The maximum atomic E-state index is 12.5. The highest BCUT2D eigenvalue weighted by Crippen LogP contribution is 2.28. The van der Waals surface area contributed by atoms with Crippen LogP contribution < -0.4 is 0 Å². The monoisotopic (exact) mass is 327 g/mol. The van der Waals surface area contributed by atoms with Gasteiger partial charge in [0.25, 0.3) is 17.7 Å². The van der Waals surface area contributed by atoms with Crippen LogP contribution >= 0.6 is 12.2 Å². The summed E-state index contributed by atoms with van der Waals surface area (Å²) in [6.45, 7) is 6.67. The van der Waals surface area contributed by atoms with E-state index in [0.717, 1.165) is 0 Å². The van der Waals surface area contributed by atoms with E-state index >= 15 is 0 Å². The number of cyclic esters (lactones) is 1. The van der Waals surface area contributed by atoms with Gasteiger partial charge in [-0.3, -0.25) is 24.2 Å². The molecule has 0 aliphatic carbocycles. The third-order valence-electron chi connectivity index (χ3n) is 3.63. The van der Waals surface area contributed by atoms with Crippen LogP contribution in [0.2, 0.25) is 0 Å². The Balaban J connectivity index is 2.47. The molecule has 2 heterocycles. The van der Waals surface area contributed by atoms with E-state index in [1.807, 2.05) is 0 Å². The number of ether oxygens (including phenoxy) is 1. The number of thiocarbonyl (C=S) groups is 1. The Kier molecular flexibility index (Phi) is 3.94. The first-order chi connectivity index (χ1) is 10.2. The zero-order valence-electron chi connectivity index (χ0n) is 12.8.